The molecule has 0 radical (unpaired) electrons. The van der Waals surface area contributed by atoms with Crippen molar-refractivity contribution >= 4 is 22.1 Å². The Balaban J connectivity index is -0.000000553. The number of carboxylic acids is 2. The van der Waals surface area contributed by atoms with E-state index in [4.69, 9.17) is 25.0 Å². The van der Waals surface area contributed by atoms with Crippen LogP contribution in [0.4, 0.5) is 0 Å². The van der Waals surface area contributed by atoms with E-state index < -0.39 is 33.1 Å². The average molecular weight is 699 g/mol. The highest BCUT2D eigenvalue weighted by Crippen LogP contribution is 2.28. The van der Waals surface area contributed by atoms with Crippen LogP contribution in [-0.4, -0.2) is 50.9 Å². The van der Waals surface area contributed by atoms with E-state index in [1.165, 1.54) is 17.7 Å². The third kappa shape index (κ3) is 21.8. The second-order valence-electron chi connectivity index (χ2n) is 14.4. The lowest BCUT2D eigenvalue weighted by atomic mass is 9.82. The van der Waals surface area contributed by atoms with Gasteiger partial charge in [0.2, 0.25) is 0 Å². The summed E-state index contributed by atoms with van der Waals surface area (Å²) in [6.45, 7) is 27.3. The first-order valence-electron chi connectivity index (χ1n) is 16.6. The molecule has 0 saturated heterocycles. The van der Waals surface area contributed by atoms with Crippen LogP contribution in [0.5, 0.6) is 5.75 Å². The molecule has 5 N–H and O–H groups in total. The molecule has 48 heavy (non-hydrogen) atoms. The van der Waals surface area contributed by atoms with Crippen LogP contribution in [0.3, 0.4) is 0 Å². The number of aliphatic carboxylic acids is 2. The molecule has 0 heterocycles. The van der Waals surface area contributed by atoms with Crippen LogP contribution in [-0.2, 0) is 30.5 Å². The smallest absolute Gasteiger partial charge is 0.309 e. The highest BCUT2D eigenvalue weighted by atomic mass is 32.2. The second kappa shape index (κ2) is 21.9. The van der Waals surface area contributed by atoms with Gasteiger partial charge in [-0.1, -0.05) is 93.5 Å². The average Bonchev–Trinajstić information content (AvgIpc) is 3.01. The number of hydrogen-bond donors (Lipinski definition) is 5. The first-order chi connectivity index (χ1) is 21.6. The van der Waals surface area contributed by atoms with Gasteiger partial charge in [-0.3, -0.25) is 14.1 Å². The quantitative estimate of drug-likeness (QED) is 0.152. The van der Waals surface area contributed by atoms with Gasteiger partial charge in [-0.25, -0.2) is 0 Å². The van der Waals surface area contributed by atoms with Gasteiger partial charge in [-0.15, -0.1) is 0 Å². The molecule has 10 heteroatoms. The highest BCUT2D eigenvalue weighted by molar-refractivity contribution is 7.85. The Hall–Kier alpha value is -2.95. The van der Waals surface area contributed by atoms with Gasteiger partial charge in [0.25, 0.3) is 10.1 Å². The van der Waals surface area contributed by atoms with Gasteiger partial charge in [0, 0.05) is 0 Å². The van der Waals surface area contributed by atoms with Crippen molar-refractivity contribution in [3.8, 4) is 5.75 Å². The maximum absolute atomic E-state index is 10.8. The van der Waals surface area contributed by atoms with E-state index in [0.717, 1.165) is 31.2 Å². The monoisotopic (exact) mass is 698 g/mol. The predicted octanol–water partition coefficient (Wildman–Crippen LogP) is 9.49. The van der Waals surface area contributed by atoms with Crippen molar-refractivity contribution in [2.45, 2.75) is 150 Å². The summed E-state index contributed by atoms with van der Waals surface area (Å²) in [6, 6.07) is 13.8. The van der Waals surface area contributed by atoms with Crippen molar-refractivity contribution in [1.82, 2.24) is 0 Å². The zero-order valence-electron chi connectivity index (χ0n) is 32.0. The summed E-state index contributed by atoms with van der Waals surface area (Å²) < 4.78 is 30.4. The minimum absolute atomic E-state index is 0.0255. The number of aliphatic hydroxyl groups is 1. The van der Waals surface area contributed by atoms with Crippen LogP contribution >= 0.6 is 0 Å². The molecule has 2 aromatic carbocycles. The maximum Gasteiger partial charge on any atom is 0.309 e. The molecule has 0 fully saturated rings. The first-order valence-corrected chi connectivity index (χ1v) is 18.1. The van der Waals surface area contributed by atoms with E-state index in [9.17, 15) is 18.0 Å². The largest absolute Gasteiger partial charge is 0.508 e. The third-order valence-electron chi connectivity index (χ3n) is 8.71. The zero-order chi connectivity index (χ0) is 38.7. The van der Waals surface area contributed by atoms with Crippen LogP contribution < -0.4 is 0 Å². The molecule has 0 aliphatic heterocycles. The van der Waals surface area contributed by atoms with E-state index in [1.54, 1.807) is 58.9 Å². The second-order valence-corrected chi connectivity index (χ2v) is 15.8. The lowest BCUT2D eigenvalue weighted by molar-refractivity contribution is -0.147. The Morgan fingerprint density at radius 3 is 1.17 bits per heavy atom. The summed E-state index contributed by atoms with van der Waals surface area (Å²) in [7, 11) is -4.07. The van der Waals surface area contributed by atoms with Gasteiger partial charge in [-0.05, 0) is 106 Å². The van der Waals surface area contributed by atoms with Crippen molar-refractivity contribution in [3.63, 3.8) is 0 Å². The fourth-order valence-corrected chi connectivity index (χ4v) is 3.20. The van der Waals surface area contributed by atoms with Crippen LogP contribution in [0.25, 0.3) is 0 Å². The fraction of sp³-hybridized carbons (Fsp3) is 0.632. The normalized spacial score (nSPS) is 12.2. The number of aromatic hydroxyl groups is 1. The fourth-order valence-electron chi connectivity index (χ4n) is 2.72. The summed E-state index contributed by atoms with van der Waals surface area (Å²) in [5.41, 5.74) is 1.59. The summed E-state index contributed by atoms with van der Waals surface area (Å²) in [4.78, 5) is 20.1. The molecule has 0 bridgehead atoms. The Morgan fingerprint density at radius 2 is 1.00 bits per heavy atom. The minimum Gasteiger partial charge on any atom is -0.508 e. The van der Waals surface area contributed by atoms with Gasteiger partial charge in [0.15, 0.2) is 0 Å². The van der Waals surface area contributed by atoms with Crippen LogP contribution in [0, 0.1) is 11.3 Å². The van der Waals surface area contributed by atoms with Crippen molar-refractivity contribution in [3.05, 3.63) is 59.7 Å². The van der Waals surface area contributed by atoms with Crippen LogP contribution in [0.15, 0.2) is 53.4 Å². The summed E-state index contributed by atoms with van der Waals surface area (Å²) >= 11 is 0. The minimum atomic E-state index is -4.07. The van der Waals surface area contributed by atoms with E-state index in [2.05, 4.69) is 41.5 Å². The molecule has 2 aromatic rings. The summed E-state index contributed by atoms with van der Waals surface area (Å²) in [5.74, 6) is -1.27. The lowest BCUT2D eigenvalue weighted by Gasteiger charge is -2.23. The summed E-state index contributed by atoms with van der Waals surface area (Å²) in [5, 5.41) is 34.5. The molecule has 0 aliphatic rings. The van der Waals surface area contributed by atoms with Crippen molar-refractivity contribution < 1.29 is 43.0 Å². The number of phenols is 1. The Bertz CT molecular complexity index is 1290. The first kappa shape index (κ1) is 49.4. The van der Waals surface area contributed by atoms with E-state index in [0.29, 0.717) is 12.2 Å². The van der Waals surface area contributed by atoms with Crippen LogP contribution in [0.2, 0.25) is 0 Å². The maximum atomic E-state index is 10.8. The Labute approximate surface area is 291 Å². The number of benzene rings is 2. The number of carboxylic acid groups (broad SMARTS) is 2. The molecule has 1 unspecified atom stereocenters. The number of rotatable bonds is 10. The standard InChI is InChI=1S/C11H16O3S.C11H16O.C6H12O2.C5H10O2.C5H12O/c1-4-11(2,3)9-5-7-10(8-6-9)15(12,13)14;1-4-11(2,3)9-5-7-10(12)8-6-9;1-4-6(2,3)5(7)8;1-3-4(2)5(6)7;1-4-5(2,3)6/h5-8H,4H2,1-3H3,(H,12,13,14);5-8,12H,4H2,1-3H3;4H2,1-3H3,(H,7,8);4H,3H2,1-2H3,(H,6,7);6H,4H2,1-3H3. The third-order valence-corrected chi connectivity index (χ3v) is 9.58. The molecular weight excluding hydrogens is 632 g/mol. The summed E-state index contributed by atoms with van der Waals surface area (Å²) in [6.07, 6.45) is 4.31. The molecular formula is C38H66O9S. The van der Waals surface area contributed by atoms with Crippen molar-refractivity contribution in [2.24, 2.45) is 11.3 Å². The van der Waals surface area contributed by atoms with Gasteiger partial charge in [0.05, 0.1) is 21.8 Å². The molecule has 0 saturated carbocycles. The molecule has 0 amide bonds. The Morgan fingerprint density at radius 1 is 0.667 bits per heavy atom. The van der Waals surface area contributed by atoms with E-state index >= 15 is 0 Å². The van der Waals surface area contributed by atoms with Gasteiger partial charge >= 0.3 is 11.9 Å². The van der Waals surface area contributed by atoms with Gasteiger partial charge < -0.3 is 20.4 Å². The van der Waals surface area contributed by atoms with E-state index in [-0.39, 0.29) is 21.6 Å². The van der Waals surface area contributed by atoms with Crippen molar-refractivity contribution in [2.75, 3.05) is 0 Å². The van der Waals surface area contributed by atoms with Gasteiger partial charge in [-0.2, -0.15) is 8.42 Å². The molecule has 278 valence electrons. The highest BCUT2D eigenvalue weighted by Gasteiger charge is 2.23. The predicted molar refractivity (Wildman–Crippen MR) is 196 cm³/mol. The lowest BCUT2D eigenvalue weighted by Crippen LogP contribution is -2.21. The molecule has 2 rings (SSSR count). The molecule has 0 aliphatic carbocycles. The van der Waals surface area contributed by atoms with Crippen LogP contribution in [0.1, 0.15) is 140 Å². The number of hydrogen-bond acceptors (Lipinski definition) is 6. The Kier molecular flexibility index (Phi) is 22.6. The SMILES string of the molecule is CCC(C)(C)C(=O)O.CCC(C)(C)O.CCC(C)(C)c1ccc(O)cc1.CCC(C)(C)c1ccc(S(=O)(=O)O)cc1.CCC(C)C(=O)O. The molecule has 0 spiro atoms. The molecule has 0 aromatic heterocycles. The zero-order valence-corrected chi connectivity index (χ0v) is 32.8. The number of phenolic OH excluding ortho intramolecular Hbond substituents is 1. The number of carbonyl (C=O) groups is 2. The van der Waals surface area contributed by atoms with E-state index in [1.807, 2.05) is 32.9 Å². The van der Waals surface area contributed by atoms with Crippen molar-refractivity contribution in [1.29, 1.82) is 0 Å². The molecule has 1 atom stereocenters. The topological polar surface area (TPSA) is 169 Å². The molecule has 9 nitrogen and oxygen atoms in total. The van der Waals surface area contributed by atoms with Gasteiger partial charge in [0.1, 0.15) is 5.75 Å².